The van der Waals surface area contributed by atoms with Crippen molar-refractivity contribution in [3.05, 3.63) is 66.2 Å². The molecule has 3 aromatic rings. The van der Waals surface area contributed by atoms with Crippen LogP contribution < -0.4 is 14.2 Å². The molecule has 0 spiro atoms. The molecule has 0 fully saturated rings. The molecule has 3 aromatic carbocycles. The molecule has 0 saturated carbocycles. The summed E-state index contributed by atoms with van der Waals surface area (Å²) in [5.41, 5.74) is 0.808. The van der Waals surface area contributed by atoms with Crippen molar-refractivity contribution in [3.8, 4) is 11.5 Å². The largest absolute Gasteiger partial charge is 0.454 e. The van der Waals surface area contributed by atoms with Crippen molar-refractivity contribution in [1.82, 2.24) is 4.72 Å². The van der Waals surface area contributed by atoms with Gasteiger partial charge in [-0.05, 0) is 29.1 Å². The molecule has 1 N–H and O–H groups in total. The molecule has 1 heterocycles. The lowest BCUT2D eigenvalue weighted by Crippen LogP contribution is -2.23. The predicted octanol–water partition coefficient (Wildman–Crippen LogP) is 3.05. The number of hydrogen-bond acceptors (Lipinski definition) is 4. The van der Waals surface area contributed by atoms with Gasteiger partial charge in [-0.15, -0.1) is 0 Å². The lowest BCUT2D eigenvalue weighted by Gasteiger charge is -2.10. The summed E-state index contributed by atoms with van der Waals surface area (Å²) in [5, 5.41) is 1.60. The monoisotopic (exact) mass is 341 g/mol. The van der Waals surface area contributed by atoms with E-state index in [-0.39, 0.29) is 18.2 Å². The second-order valence-electron chi connectivity index (χ2n) is 5.49. The highest BCUT2D eigenvalue weighted by Crippen LogP contribution is 2.32. The summed E-state index contributed by atoms with van der Waals surface area (Å²) in [6, 6.07) is 18.1. The van der Waals surface area contributed by atoms with Gasteiger partial charge in [0.15, 0.2) is 11.5 Å². The number of nitrogens with one attached hydrogen (secondary N) is 1. The van der Waals surface area contributed by atoms with Crippen molar-refractivity contribution in [1.29, 1.82) is 0 Å². The molecular formula is C18H15NO4S. The van der Waals surface area contributed by atoms with Gasteiger partial charge >= 0.3 is 0 Å². The summed E-state index contributed by atoms with van der Waals surface area (Å²) < 4.78 is 38.6. The summed E-state index contributed by atoms with van der Waals surface area (Å²) in [6.07, 6.45) is 0. The fourth-order valence-corrected chi connectivity index (χ4v) is 3.98. The standard InChI is InChI=1S/C18H15NO4S/c20-24(21,18-7-3-5-14-4-1-2-6-15(14)18)19-11-13-8-9-16-17(10-13)23-12-22-16/h1-10,19H,11-12H2. The fourth-order valence-electron chi connectivity index (χ4n) is 2.74. The van der Waals surface area contributed by atoms with Crippen LogP contribution in [-0.2, 0) is 16.6 Å². The van der Waals surface area contributed by atoms with Crippen LogP contribution in [-0.4, -0.2) is 15.2 Å². The first-order chi connectivity index (χ1) is 11.6. The third kappa shape index (κ3) is 2.70. The molecule has 0 radical (unpaired) electrons. The Bertz CT molecular complexity index is 1010. The molecule has 0 saturated heterocycles. The van der Waals surface area contributed by atoms with Crippen molar-refractivity contribution in [3.63, 3.8) is 0 Å². The summed E-state index contributed by atoms with van der Waals surface area (Å²) in [5.74, 6) is 1.31. The zero-order valence-electron chi connectivity index (χ0n) is 12.7. The molecule has 24 heavy (non-hydrogen) atoms. The minimum Gasteiger partial charge on any atom is -0.454 e. The van der Waals surface area contributed by atoms with Gasteiger partial charge in [0.1, 0.15) is 0 Å². The maximum Gasteiger partial charge on any atom is 0.241 e. The number of fused-ring (bicyclic) bond motifs is 2. The first-order valence-corrected chi connectivity index (χ1v) is 8.98. The van der Waals surface area contributed by atoms with E-state index in [1.807, 2.05) is 36.4 Å². The second-order valence-corrected chi connectivity index (χ2v) is 7.22. The second kappa shape index (κ2) is 5.81. The van der Waals surface area contributed by atoms with E-state index in [1.165, 1.54) is 0 Å². The lowest BCUT2D eigenvalue weighted by molar-refractivity contribution is 0.174. The highest BCUT2D eigenvalue weighted by atomic mass is 32.2. The Morgan fingerprint density at radius 1 is 0.917 bits per heavy atom. The normalized spacial score (nSPS) is 13.3. The van der Waals surface area contributed by atoms with Crippen molar-refractivity contribution >= 4 is 20.8 Å². The van der Waals surface area contributed by atoms with Crippen LogP contribution in [0.5, 0.6) is 11.5 Å². The number of benzene rings is 3. The average Bonchev–Trinajstić information content (AvgIpc) is 3.07. The minimum atomic E-state index is -3.62. The van der Waals surface area contributed by atoms with E-state index >= 15 is 0 Å². The highest BCUT2D eigenvalue weighted by Gasteiger charge is 2.18. The molecule has 0 bridgehead atoms. The maximum atomic E-state index is 12.7. The zero-order valence-corrected chi connectivity index (χ0v) is 13.5. The molecule has 6 heteroatoms. The van der Waals surface area contributed by atoms with E-state index in [0.29, 0.717) is 16.9 Å². The minimum absolute atomic E-state index is 0.183. The van der Waals surface area contributed by atoms with Crippen LogP contribution in [0.2, 0.25) is 0 Å². The number of ether oxygens (including phenoxy) is 2. The smallest absolute Gasteiger partial charge is 0.241 e. The molecule has 1 aliphatic rings. The van der Waals surface area contributed by atoms with E-state index in [1.54, 1.807) is 24.3 Å². The van der Waals surface area contributed by atoms with Crippen LogP contribution in [0.3, 0.4) is 0 Å². The van der Waals surface area contributed by atoms with Crippen LogP contribution in [0, 0.1) is 0 Å². The summed E-state index contributed by atoms with van der Waals surface area (Å²) in [4.78, 5) is 0.279. The Labute approximate surface area is 139 Å². The molecular weight excluding hydrogens is 326 g/mol. The van der Waals surface area contributed by atoms with Crippen LogP contribution in [0.1, 0.15) is 5.56 Å². The molecule has 5 nitrogen and oxygen atoms in total. The number of sulfonamides is 1. The van der Waals surface area contributed by atoms with Crippen LogP contribution in [0.4, 0.5) is 0 Å². The topological polar surface area (TPSA) is 64.6 Å². The van der Waals surface area contributed by atoms with Gasteiger partial charge in [-0.25, -0.2) is 13.1 Å². The lowest BCUT2D eigenvalue weighted by atomic mass is 10.1. The maximum absolute atomic E-state index is 12.7. The Morgan fingerprint density at radius 3 is 2.62 bits per heavy atom. The molecule has 0 amide bonds. The Morgan fingerprint density at radius 2 is 1.71 bits per heavy atom. The van der Waals surface area contributed by atoms with E-state index in [2.05, 4.69) is 4.72 Å². The van der Waals surface area contributed by atoms with Gasteiger partial charge in [0.25, 0.3) is 0 Å². The summed E-state index contributed by atoms with van der Waals surface area (Å²) >= 11 is 0. The van der Waals surface area contributed by atoms with Crippen LogP contribution in [0.25, 0.3) is 10.8 Å². The van der Waals surface area contributed by atoms with Gasteiger partial charge in [-0.1, -0.05) is 42.5 Å². The Balaban J connectivity index is 1.61. The number of hydrogen-bond donors (Lipinski definition) is 1. The molecule has 0 aliphatic carbocycles. The SMILES string of the molecule is O=S(=O)(NCc1ccc2c(c1)OCO2)c1cccc2ccccc12. The van der Waals surface area contributed by atoms with Crippen molar-refractivity contribution in [2.24, 2.45) is 0 Å². The van der Waals surface area contributed by atoms with Crippen molar-refractivity contribution < 1.29 is 17.9 Å². The number of rotatable bonds is 4. The van der Waals surface area contributed by atoms with Gasteiger partial charge in [0.2, 0.25) is 16.8 Å². The highest BCUT2D eigenvalue weighted by molar-refractivity contribution is 7.89. The third-order valence-electron chi connectivity index (χ3n) is 3.94. The Hall–Kier alpha value is -2.57. The van der Waals surface area contributed by atoms with Crippen LogP contribution >= 0.6 is 0 Å². The first kappa shape index (κ1) is 15.0. The van der Waals surface area contributed by atoms with Crippen molar-refractivity contribution in [2.75, 3.05) is 6.79 Å². The average molecular weight is 341 g/mol. The van der Waals surface area contributed by atoms with Gasteiger partial charge in [0.05, 0.1) is 4.90 Å². The fraction of sp³-hybridized carbons (Fsp3) is 0.111. The van der Waals surface area contributed by atoms with Gasteiger partial charge < -0.3 is 9.47 Å². The van der Waals surface area contributed by atoms with Gasteiger partial charge in [-0.3, -0.25) is 0 Å². The van der Waals surface area contributed by atoms with Crippen LogP contribution in [0.15, 0.2) is 65.6 Å². The summed E-state index contributed by atoms with van der Waals surface area (Å²) in [6.45, 7) is 0.378. The van der Waals surface area contributed by atoms with E-state index in [9.17, 15) is 8.42 Å². The first-order valence-electron chi connectivity index (χ1n) is 7.49. The van der Waals surface area contributed by atoms with Gasteiger partial charge in [0, 0.05) is 11.9 Å². The quantitative estimate of drug-likeness (QED) is 0.792. The molecule has 0 atom stereocenters. The molecule has 4 rings (SSSR count). The molecule has 122 valence electrons. The molecule has 0 aromatic heterocycles. The molecule has 1 aliphatic heterocycles. The van der Waals surface area contributed by atoms with E-state index < -0.39 is 10.0 Å². The van der Waals surface area contributed by atoms with E-state index in [4.69, 9.17) is 9.47 Å². The third-order valence-corrected chi connectivity index (χ3v) is 5.40. The van der Waals surface area contributed by atoms with Gasteiger partial charge in [-0.2, -0.15) is 0 Å². The molecule has 0 unspecified atom stereocenters. The zero-order chi connectivity index (χ0) is 16.6. The summed E-state index contributed by atoms with van der Waals surface area (Å²) in [7, 11) is -3.62. The Kier molecular flexibility index (Phi) is 3.63. The van der Waals surface area contributed by atoms with E-state index in [0.717, 1.165) is 10.9 Å². The van der Waals surface area contributed by atoms with Crippen molar-refractivity contribution in [2.45, 2.75) is 11.4 Å². The predicted molar refractivity (Wildman–Crippen MR) is 90.5 cm³/mol.